The fourth-order valence-corrected chi connectivity index (χ4v) is 2.88. The lowest BCUT2D eigenvalue weighted by Crippen LogP contribution is -2.18. The Morgan fingerprint density at radius 2 is 2.10 bits per heavy atom. The number of aromatic nitrogens is 2. The number of carbonyl (C=O) groups is 1. The molecule has 9 heteroatoms. The first-order valence-electron chi connectivity index (χ1n) is 5.45. The van der Waals surface area contributed by atoms with E-state index < -0.39 is 16.0 Å². The maximum atomic E-state index is 12.2. The van der Waals surface area contributed by atoms with E-state index in [1.165, 1.54) is 23.0 Å². The number of anilines is 2. The van der Waals surface area contributed by atoms with Crippen LogP contribution < -0.4 is 10.5 Å². The van der Waals surface area contributed by atoms with Crippen molar-refractivity contribution in [2.75, 3.05) is 10.5 Å². The lowest BCUT2D eigenvalue weighted by molar-refractivity contribution is 0.0692. The van der Waals surface area contributed by atoms with E-state index in [0.717, 1.165) is 12.1 Å². The first-order chi connectivity index (χ1) is 9.31. The first-order valence-corrected chi connectivity index (χ1v) is 6.93. The van der Waals surface area contributed by atoms with Gasteiger partial charge in [-0.05, 0) is 18.2 Å². The van der Waals surface area contributed by atoms with Crippen molar-refractivity contribution in [2.24, 2.45) is 7.05 Å². The van der Waals surface area contributed by atoms with Crippen LogP contribution in [0.25, 0.3) is 0 Å². The Kier molecular flexibility index (Phi) is 3.36. The molecule has 1 aromatic heterocycles. The fraction of sp³-hybridized carbons (Fsp3) is 0.0909. The summed E-state index contributed by atoms with van der Waals surface area (Å²) in [5, 5.41) is 12.9. The van der Waals surface area contributed by atoms with E-state index >= 15 is 0 Å². The van der Waals surface area contributed by atoms with Crippen molar-refractivity contribution in [3.63, 3.8) is 0 Å². The Hall–Kier alpha value is -2.55. The molecule has 0 aliphatic carbocycles. The number of carboxylic acids is 1. The predicted molar refractivity (Wildman–Crippen MR) is 71.8 cm³/mol. The topological polar surface area (TPSA) is 127 Å². The average Bonchev–Trinajstić information content (AvgIpc) is 2.74. The summed E-state index contributed by atoms with van der Waals surface area (Å²) in [6.07, 6.45) is 1.42. The molecule has 106 valence electrons. The molecule has 0 atom stereocenters. The fourth-order valence-electron chi connectivity index (χ4n) is 1.62. The Morgan fingerprint density at radius 3 is 2.65 bits per heavy atom. The molecule has 0 spiro atoms. The van der Waals surface area contributed by atoms with Gasteiger partial charge in [-0.1, -0.05) is 0 Å². The molecule has 0 fully saturated rings. The van der Waals surface area contributed by atoms with Gasteiger partial charge in [0.25, 0.3) is 10.0 Å². The number of nitrogens with two attached hydrogens (primary N) is 1. The van der Waals surface area contributed by atoms with Gasteiger partial charge in [-0.25, -0.2) is 13.2 Å². The summed E-state index contributed by atoms with van der Waals surface area (Å²) >= 11 is 0. The number of nitrogens with zero attached hydrogens (tertiary/aromatic N) is 2. The summed E-state index contributed by atoms with van der Waals surface area (Å²) in [5.74, 6) is -1.15. The molecular weight excluding hydrogens is 284 g/mol. The molecule has 2 rings (SSSR count). The van der Waals surface area contributed by atoms with E-state index in [1.807, 2.05) is 0 Å². The van der Waals surface area contributed by atoms with Gasteiger partial charge in [0.1, 0.15) is 10.7 Å². The molecule has 20 heavy (non-hydrogen) atoms. The van der Waals surface area contributed by atoms with Gasteiger partial charge in [0.2, 0.25) is 0 Å². The van der Waals surface area contributed by atoms with Gasteiger partial charge in [0.15, 0.2) is 0 Å². The number of nitrogen functional groups attached to an aromatic ring is 1. The number of aromatic carboxylic acids is 1. The quantitative estimate of drug-likeness (QED) is 0.705. The molecule has 4 N–H and O–H groups in total. The number of benzene rings is 1. The van der Waals surface area contributed by atoms with Crippen LogP contribution in [0.5, 0.6) is 0 Å². The monoisotopic (exact) mass is 296 g/mol. The summed E-state index contributed by atoms with van der Waals surface area (Å²) in [7, 11) is -2.49. The number of hydrogen-bond acceptors (Lipinski definition) is 5. The maximum absolute atomic E-state index is 12.2. The van der Waals surface area contributed by atoms with Crippen LogP contribution in [0.3, 0.4) is 0 Å². The minimum absolute atomic E-state index is 0.168. The maximum Gasteiger partial charge on any atom is 0.337 e. The summed E-state index contributed by atoms with van der Waals surface area (Å²) in [5.41, 5.74) is 5.26. The highest BCUT2D eigenvalue weighted by Gasteiger charge is 2.23. The van der Waals surface area contributed by atoms with Crippen molar-refractivity contribution in [3.05, 3.63) is 36.0 Å². The molecule has 0 unspecified atom stereocenters. The Bertz CT molecular complexity index is 766. The lowest BCUT2D eigenvalue weighted by Gasteiger charge is -2.10. The zero-order valence-corrected chi connectivity index (χ0v) is 11.3. The van der Waals surface area contributed by atoms with Crippen LogP contribution in [0, 0.1) is 0 Å². The second-order valence-corrected chi connectivity index (χ2v) is 5.66. The smallest absolute Gasteiger partial charge is 0.337 e. The average molecular weight is 296 g/mol. The Labute approximate surface area is 114 Å². The number of carboxylic acid groups (broad SMARTS) is 1. The summed E-state index contributed by atoms with van der Waals surface area (Å²) < 4.78 is 28.0. The SMILES string of the molecule is Cn1nccc1NS(=O)(=O)c1ccc(N)cc1C(=O)O. The number of nitrogens with one attached hydrogen (secondary N) is 1. The molecule has 1 aromatic carbocycles. The van der Waals surface area contributed by atoms with E-state index in [2.05, 4.69) is 9.82 Å². The van der Waals surface area contributed by atoms with Crippen molar-refractivity contribution in [1.82, 2.24) is 9.78 Å². The first kappa shape index (κ1) is 13.9. The van der Waals surface area contributed by atoms with E-state index in [0.29, 0.717) is 0 Å². The third-order valence-electron chi connectivity index (χ3n) is 2.58. The van der Waals surface area contributed by atoms with Crippen molar-refractivity contribution >= 4 is 27.5 Å². The largest absolute Gasteiger partial charge is 0.478 e. The van der Waals surface area contributed by atoms with Crippen molar-refractivity contribution < 1.29 is 18.3 Å². The third kappa shape index (κ3) is 2.57. The number of aryl methyl sites for hydroxylation is 1. The number of rotatable bonds is 4. The standard InChI is InChI=1S/C11H12N4O4S/c1-15-10(4-5-13-15)14-20(18,19)9-3-2-7(12)6-8(9)11(16)17/h2-6,14H,12H2,1H3,(H,16,17). The van der Waals surface area contributed by atoms with Gasteiger partial charge in [0.05, 0.1) is 11.8 Å². The molecule has 0 radical (unpaired) electrons. The number of hydrogen-bond donors (Lipinski definition) is 3. The molecule has 0 aliphatic heterocycles. The van der Waals surface area contributed by atoms with Crippen LogP contribution in [-0.4, -0.2) is 29.3 Å². The predicted octanol–water partition coefficient (Wildman–Crippen LogP) is 0.501. The van der Waals surface area contributed by atoms with Gasteiger partial charge >= 0.3 is 5.97 Å². The molecular formula is C11H12N4O4S. The molecule has 0 saturated carbocycles. The van der Waals surface area contributed by atoms with Crippen molar-refractivity contribution in [2.45, 2.75) is 4.90 Å². The summed E-state index contributed by atoms with van der Waals surface area (Å²) in [6.45, 7) is 0. The van der Waals surface area contributed by atoms with Gasteiger partial charge < -0.3 is 10.8 Å². The van der Waals surface area contributed by atoms with E-state index in [-0.39, 0.29) is 22.0 Å². The van der Waals surface area contributed by atoms with E-state index in [9.17, 15) is 13.2 Å². The molecule has 8 nitrogen and oxygen atoms in total. The molecule has 0 saturated heterocycles. The van der Waals surface area contributed by atoms with Crippen LogP contribution in [-0.2, 0) is 17.1 Å². The van der Waals surface area contributed by atoms with Crippen LogP contribution >= 0.6 is 0 Å². The zero-order valence-electron chi connectivity index (χ0n) is 10.4. The normalized spacial score (nSPS) is 11.2. The molecule has 1 heterocycles. The van der Waals surface area contributed by atoms with Crippen molar-refractivity contribution in [1.29, 1.82) is 0 Å². The highest BCUT2D eigenvalue weighted by molar-refractivity contribution is 7.92. The van der Waals surface area contributed by atoms with Crippen LogP contribution in [0.4, 0.5) is 11.5 Å². The van der Waals surface area contributed by atoms with Gasteiger partial charge in [-0.3, -0.25) is 9.40 Å². The highest BCUT2D eigenvalue weighted by Crippen LogP contribution is 2.21. The van der Waals surface area contributed by atoms with Crippen LogP contribution in [0.15, 0.2) is 35.4 Å². The van der Waals surface area contributed by atoms with Gasteiger partial charge in [0, 0.05) is 18.8 Å². The van der Waals surface area contributed by atoms with Crippen molar-refractivity contribution in [3.8, 4) is 0 Å². The second kappa shape index (κ2) is 4.85. The summed E-state index contributed by atoms with van der Waals surface area (Å²) in [6, 6.07) is 5.02. The minimum atomic E-state index is -4.05. The second-order valence-electron chi connectivity index (χ2n) is 4.01. The van der Waals surface area contributed by atoms with E-state index in [4.69, 9.17) is 10.8 Å². The summed E-state index contributed by atoms with van der Waals surface area (Å²) in [4.78, 5) is 10.8. The third-order valence-corrected chi connectivity index (χ3v) is 4.00. The molecule has 0 bridgehead atoms. The lowest BCUT2D eigenvalue weighted by atomic mass is 10.2. The number of sulfonamides is 1. The van der Waals surface area contributed by atoms with Crippen LogP contribution in [0.1, 0.15) is 10.4 Å². The minimum Gasteiger partial charge on any atom is -0.478 e. The molecule has 2 aromatic rings. The molecule has 0 amide bonds. The van der Waals surface area contributed by atoms with Gasteiger partial charge in [-0.15, -0.1) is 0 Å². The Balaban J connectivity index is 2.50. The van der Waals surface area contributed by atoms with E-state index in [1.54, 1.807) is 7.05 Å². The Morgan fingerprint density at radius 1 is 1.40 bits per heavy atom. The van der Waals surface area contributed by atoms with Crippen LogP contribution in [0.2, 0.25) is 0 Å². The highest BCUT2D eigenvalue weighted by atomic mass is 32.2. The van der Waals surface area contributed by atoms with Gasteiger partial charge in [-0.2, -0.15) is 5.10 Å². The molecule has 0 aliphatic rings. The zero-order chi connectivity index (χ0) is 14.9.